The quantitative estimate of drug-likeness (QED) is 0.630. The van der Waals surface area contributed by atoms with Crippen molar-refractivity contribution in [3.8, 4) is 5.75 Å². The number of amides is 1. The molecule has 0 bridgehead atoms. The summed E-state index contributed by atoms with van der Waals surface area (Å²) >= 11 is 0. The van der Waals surface area contributed by atoms with Crippen molar-refractivity contribution in [3.63, 3.8) is 0 Å². The van der Waals surface area contributed by atoms with E-state index in [4.69, 9.17) is 4.74 Å². The van der Waals surface area contributed by atoms with Crippen molar-refractivity contribution in [2.45, 2.75) is 0 Å². The van der Waals surface area contributed by atoms with Crippen molar-refractivity contribution in [2.75, 3.05) is 43.5 Å². The first-order valence-electron chi connectivity index (χ1n) is 8.28. The number of ether oxygens (including phenoxy) is 1. The zero-order chi connectivity index (χ0) is 18.5. The van der Waals surface area contributed by atoms with E-state index in [1.54, 1.807) is 43.5 Å². The van der Waals surface area contributed by atoms with E-state index < -0.39 is 10.8 Å². The maximum Gasteiger partial charge on any atom is 0.293 e. The summed E-state index contributed by atoms with van der Waals surface area (Å²) in [6.07, 6.45) is 0. The fourth-order valence-corrected chi connectivity index (χ4v) is 2.86. The molecular formula is C18H20N4O4. The average molecular weight is 356 g/mol. The molecule has 1 heterocycles. The molecule has 8 nitrogen and oxygen atoms in total. The molecule has 2 aromatic carbocycles. The molecule has 0 saturated carbocycles. The fourth-order valence-electron chi connectivity index (χ4n) is 2.86. The standard InChI is InChI=1S/C18H20N4O4/c1-26-15-5-3-14(4-6-15)20-18(23)13-2-7-16(17(12-13)22(24)25)21-10-8-19-9-11-21/h2-7,12,19H,8-11H2,1H3,(H,20,23). The average Bonchev–Trinajstić information content (AvgIpc) is 2.68. The molecule has 0 unspecified atom stereocenters. The van der Waals surface area contributed by atoms with E-state index in [9.17, 15) is 14.9 Å². The molecule has 2 N–H and O–H groups in total. The smallest absolute Gasteiger partial charge is 0.293 e. The van der Waals surface area contributed by atoms with Crippen molar-refractivity contribution >= 4 is 23.0 Å². The van der Waals surface area contributed by atoms with E-state index in [1.165, 1.54) is 6.07 Å². The highest BCUT2D eigenvalue weighted by Gasteiger charge is 2.23. The maximum absolute atomic E-state index is 12.4. The molecule has 1 saturated heterocycles. The summed E-state index contributed by atoms with van der Waals surface area (Å²) in [6.45, 7) is 2.93. The van der Waals surface area contributed by atoms with Gasteiger partial charge in [0, 0.05) is 43.5 Å². The van der Waals surface area contributed by atoms with Crippen LogP contribution in [0.5, 0.6) is 5.75 Å². The lowest BCUT2D eigenvalue weighted by atomic mass is 10.1. The maximum atomic E-state index is 12.4. The van der Waals surface area contributed by atoms with Crippen molar-refractivity contribution in [1.29, 1.82) is 0 Å². The first kappa shape index (κ1) is 17.7. The Kier molecular flexibility index (Phi) is 5.33. The van der Waals surface area contributed by atoms with Crippen LogP contribution in [0.3, 0.4) is 0 Å². The topological polar surface area (TPSA) is 96.7 Å². The number of hydrogen-bond acceptors (Lipinski definition) is 6. The molecule has 1 amide bonds. The third kappa shape index (κ3) is 3.92. The minimum absolute atomic E-state index is 0.0609. The van der Waals surface area contributed by atoms with Crippen LogP contribution in [-0.2, 0) is 0 Å². The summed E-state index contributed by atoms with van der Waals surface area (Å²) in [5.74, 6) is 0.282. The highest BCUT2D eigenvalue weighted by atomic mass is 16.6. The minimum Gasteiger partial charge on any atom is -0.497 e. The molecule has 0 aliphatic carbocycles. The summed E-state index contributed by atoms with van der Waals surface area (Å²) in [4.78, 5) is 25.4. The summed E-state index contributed by atoms with van der Waals surface area (Å²) in [6, 6.07) is 11.5. The molecule has 1 fully saturated rings. The van der Waals surface area contributed by atoms with E-state index in [0.29, 0.717) is 30.2 Å². The Labute approximate surface area is 150 Å². The van der Waals surface area contributed by atoms with Gasteiger partial charge in [0.2, 0.25) is 0 Å². The van der Waals surface area contributed by atoms with E-state index in [1.807, 2.05) is 4.90 Å². The number of nitrogens with zero attached hydrogens (tertiary/aromatic N) is 2. The molecule has 2 aromatic rings. The largest absolute Gasteiger partial charge is 0.497 e. The molecule has 0 aromatic heterocycles. The van der Waals surface area contributed by atoms with Crippen molar-refractivity contribution < 1.29 is 14.5 Å². The highest BCUT2D eigenvalue weighted by Crippen LogP contribution is 2.30. The number of benzene rings is 2. The van der Waals surface area contributed by atoms with Crippen LogP contribution in [0.25, 0.3) is 0 Å². The first-order valence-corrected chi connectivity index (χ1v) is 8.28. The molecule has 1 aliphatic heterocycles. The number of nitro benzene ring substituents is 1. The molecule has 1 aliphatic rings. The first-order chi connectivity index (χ1) is 12.6. The van der Waals surface area contributed by atoms with E-state index in [-0.39, 0.29) is 11.3 Å². The monoisotopic (exact) mass is 356 g/mol. The Morgan fingerprint density at radius 2 is 1.88 bits per heavy atom. The predicted molar refractivity (Wildman–Crippen MR) is 99.1 cm³/mol. The van der Waals surface area contributed by atoms with Gasteiger partial charge in [0.15, 0.2) is 0 Å². The summed E-state index contributed by atoms with van der Waals surface area (Å²) in [7, 11) is 1.56. The molecule has 136 valence electrons. The van der Waals surface area contributed by atoms with Gasteiger partial charge < -0.3 is 20.3 Å². The van der Waals surface area contributed by atoms with E-state index >= 15 is 0 Å². The molecule has 8 heteroatoms. The minimum atomic E-state index is -0.443. The van der Waals surface area contributed by atoms with Crippen LogP contribution in [-0.4, -0.2) is 44.1 Å². The Morgan fingerprint density at radius 1 is 1.19 bits per heavy atom. The molecule has 0 spiro atoms. The third-order valence-electron chi connectivity index (χ3n) is 4.24. The van der Waals surface area contributed by atoms with Crippen LogP contribution >= 0.6 is 0 Å². The lowest BCUT2D eigenvalue weighted by molar-refractivity contribution is -0.384. The third-order valence-corrected chi connectivity index (χ3v) is 4.24. The number of anilines is 2. The SMILES string of the molecule is COc1ccc(NC(=O)c2ccc(N3CCNCC3)c([N+](=O)[O-])c2)cc1. The molecule has 0 atom stereocenters. The van der Waals surface area contributed by atoms with Crippen LogP contribution in [0.1, 0.15) is 10.4 Å². The number of methoxy groups -OCH3 is 1. The molecule has 0 radical (unpaired) electrons. The molecule has 3 rings (SSSR count). The van der Waals surface area contributed by atoms with Gasteiger partial charge >= 0.3 is 0 Å². The number of nitrogens with one attached hydrogen (secondary N) is 2. The molecular weight excluding hydrogens is 336 g/mol. The Balaban J connectivity index is 1.81. The van der Waals surface area contributed by atoms with Crippen LogP contribution in [0, 0.1) is 10.1 Å². The van der Waals surface area contributed by atoms with E-state index in [0.717, 1.165) is 13.1 Å². The number of carbonyl (C=O) groups is 1. The number of rotatable bonds is 5. The summed E-state index contributed by atoms with van der Waals surface area (Å²) in [5, 5.41) is 17.4. The number of nitro groups is 1. The van der Waals surface area contributed by atoms with Gasteiger partial charge in [-0.15, -0.1) is 0 Å². The lowest BCUT2D eigenvalue weighted by Gasteiger charge is -2.29. The zero-order valence-corrected chi connectivity index (χ0v) is 14.4. The number of carbonyl (C=O) groups excluding carboxylic acids is 1. The van der Waals surface area contributed by atoms with Gasteiger partial charge in [-0.1, -0.05) is 0 Å². The second kappa shape index (κ2) is 7.83. The van der Waals surface area contributed by atoms with Gasteiger partial charge in [-0.05, 0) is 36.4 Å². The molecule has 26 heavy (non-hydrogen) atoms. The van der Waals surface area contributed by atoms with Crippen molar-refractivity contribution in [2.24, 2.45) is 0 Å². The Bertz CT molecular complexity index is 801. The summed E-state index contributed by atoms with van der Waals surface area (Å²) < 4.78 is 5.07. The Morgan fingerprint density at radius 3 is 2.50 bits per heavy atom. The van der Waals surface area contributed by atoms with Crippen LogP contribution in [0.2, 0.25) is 0 Å². The number of piperazine rings is 1. The van der Waals surface area contributed by atoms with Gasteiger partial charge in [0.05, 0.1) is 12.0 Å². The summed E-state index contributed by atoms with van der Waals surface area (Å²) in [5.41, 5.74) is 1.31. The second-order valence-corrected chi connectivity index (χ2v) is 5.88. The van der Waals surface area contributed by atoms with E-state index in [2.05, 4.69) is 10.6 Å². The van der Waals surface area contributed by atoms with Gasteiger partial charge in [-0.25, -0.2) is 0 Å². The number of hydrogen-bond donors (Lipinski definition) is 2. The van der Waals surface area contributed by atoms with Crippen LogP contribution in [0.4, 0.5) is 17.1 Å². The van der Waals surface area contributed by atoms with Gasteiger partial charge in [0.1, 0.15) is 11.4 Å². The fraction of sp³-hybridized carbons (Fsp3) is 0.278. The van der Waals surface area contributed by atoms with Crippen LogP contribution in [0.15, 0.2) is 42.5 Å². The van der Waals surface area contributed by atoms with Crippen molar-refractivity contribution in [1.82, 2.24) is 5.32 Å². The Hall–Kier alpha value is -3.13. The van der Waals surface area contributed by atoms with Crippen LogP contribution < -0.4 is 20.3 Å². The lowest BCUT2D eigenvalue weighted by Crippen LogP contribution is -2.43. The second-order valence-electron chi connectivity index (χ2n) is 5.88. The zero-order valence-electron chi connectivity index (χ0n) is 14.4. The van der Waals surface area contributed by atoms with Gasteiger partial charge in [0.25, 0.3) is 11.6 Å². The normalized spacial score (nSPS) is 14.0. The van der Waals surface area contributed by atoms with Crippen molar-refractivity contribution in [3.05, 3.63) is 58.1 Å². The van der Waals surface area contributed by atoms with Gasteiger partial charge in [-0.3, -0.25) is 14.9 Å². The highest BCUT2D eigenvalue weighted by molar-refractivity contribution is 6.05. The predicted octanol–water partition coefficient (Wildman–Crippen LogP) is 2.27. The van der Waals surface area contributed by atoms with Gasteiger partial charge in [-0.2, -0.15) is 0 Å².